The number of alkyl halides is 3. The maximum atomic E-state index is 13.2. The number of nitrogens with zero attached hydrogens (tertiary/aromatic N) is 2. The van der Waals surface area contributed by atoms with Crippen molar-refractivity contribution in [1.82, 2.24) is 15.1 Å². The Kier molecular flexibility index (Phi) is 4.22. The molecule has 26 heavy (non-hydrogen) atoms. The zero-order valence-corrected chi connectivity index (χ0v) is 14.3. The molecule has 0 bridgehead atoms. The Labute approximate surface area is 150 Å². The van der Waals surface area contributed by atoms with Crippen molar-refractivity contribution in [2.45, 2.75) is 25.1 Å². The summed E-state index contributed by atoms with van der Waals surface area (Å²) in [6, 6.07) is 4.18. The van der Waals surface area contributed by atoms with Crippen molar-refractivity contribution in [3.63, 3.8) is 0 Å². The van der Waals surface area contributed by atoms with Gasteiger partial charge in [-0.05, 0) is 31.0 Å². The number of rotatable bonds is 5. The maximum Gasteiger partial charge on any atom is 0.433 e. The summed E-state index contributed by atoms with van der Waals surface area (Å²) in [7, 11) is 0. The highest BCUT2D eigenvalue weighted by atomic mass is 32.1. The summed E-state index contributed by atoms with van der Waals surface area (Å²) < 4.78 is 45.8. The first-order valence-corrected chi connectivity index (χ1v) is 8.88. The summed E-state index contributed by atoms with van der Waals surface area (Å²) in [5.74, 6) is -0.265. The number of carbonyl (C=O) groups excluding carboxylic acids is 1. The highest BCUT2D eigenvalue weighted by Gasteiger charge is 2.37. The van der Waals surface area contributed by atoms with Gasteiger partial charge in [0.25, 0.3) is 5.91 Å². The van der Waals surface area contributed by atoms with E-state index in [2.05, 4.69) is 16.1 Å². The largest absolute Gasteiger partial charge is 0.433 e. The fraction of sp³-hybridized carbons (Fsp3) is 0.353. The minimum atomic E-state index is -4.52. The minimum Gasteiger partial charge on any atom is -0.376 e. The van der Waals surface area contributed by atoms with Crippen LogP contribution in [0.4, 0.5) is 13.2 Å². The predicted octanol–water partition coefficient (Wildman–Crippen LogP) is 3.55. The van der Waals surface area contributed by atoms with Crippen LogP contribution in [0.15, 0.2) is 30.0 Å². The van der Waals surface area contributed by atoms with Crippen molar-refractivity contribution in [3.8, 4) is 10.6 Å². The number of amides is 1. The highest BCUT2D eigenvalue weighted by molar-refractivity contribution is 7.17. The van der Waals surface area contributed by atoms with Crippen LogP contribution in [-0.4, -0.2) is 34.9 Å². The molecule has 1 amide bonds. The third-order valence-electron chi connectivity index (χ3n) is 4.10. The second kappa shape index (κ2) is 6.42. The van der Waals surface area contributed by atoms with Crippen LogP contribution >= 0.6 is 11.3 Å². The van der Waals surface area contributed by atoms with Crippen molar-refractivity contribution >= 4 is 22.9 Å². The van der Waals surface area contributed by atoms with E-state index in [9.17, 15) is 18.0 Å². The number of hydrogen-bond donors (Lipinski definition) is 1. The van der Waals surface area contributed by atoms with Gasteiger partial charge in [0, 0.05) is 19.2 Å². The second-order valence-corrected chi connectivity index (χ2v) is 7.09. The Hall–Kier alpha value is -2.35. The number of hydrogen-bond acceptors (Lipinski definition) is 4. The summed E-state index contributed by atoms with van der Waals surface area (Å²) in [6.07, 6.45) is -1.15. The average Bonchev–Trinajstić information content (AvgIpc) is 3.05. The lowest BCUT2D eigenvalue weighted by Gasteiger charge is -2.09. The van der Waals surface area contributed by atoms with Crippen LogP contribution in [0.25, 0.3) is 16.3 Å². The third kappa shape index (κ3) is 3.46. The lowest BCUT2D eigenvalue weighted by molar-refractivity contribution is -0.142. The molecule has 0 spiro atoms. The molecule has 2 aromatic rings. The van der Waals surface area contributed by atoms with Gasteiger partial charge in [-0.2, -0.15) is 18.3 Å². The molecule has 1 fully saturated rings. The zero-order valence-electron chi connectivity index (χ0n) is 13.5. The van der Waals surface area contributed by atoms with Gasteiger partial charge in [0.2, 0.25) is 0 Å². The van der Waals surface area contributed by atoms with Gasteiger partial charge in [-0.1, -0.05) is 5.73 Å². The van der Waals surface area contributed by atoms with Gasteiger partial charge >= 0.3 is 6.18 Å². The molecule has 1 aliphatic heterocycles. The molecular formula is C17H14F3N3O2S. The Morgan fingerprint density at radius 3 is 2.92 bits per heavy atom. The molecule has 0 radical (unpaired) electrons. The van der Waals surface area contributed by atoms with Gasteiger partial charge in [0.05, 0.1) is 15.9 Å². The number of halogens is 3. The van der Waals surface area contributed by atoms with Crippen LogP contribution in [-0.2, 0) is 10.9 Å². The Morgan fingerprint density at radius 2 is 2.27 bits per heavy atom. The first-order chi connectivity index (χ1) is 12.4. The van der Waals surface area contributed by atoms with E-state index in [1.54, 1.807) is 12.1 Å². The van der Waals surface area contributed by atoms with E-state index >= 15 is 0 Å². The van der Waals surface area contributed by atoms with E-state index in [4.69, 9.17) is 4.74 Å². The summed E-state index contributed by atoms with van der Waals surface area (Å²) in [5.41, 5.74) is 2.22. The van der Waals surface area contributed by atoms with Crippen molar-refractivity contribution in [1.29, 1.82) is 0 Å². The molecule has 2 aliphatic rings. The fourth-order valence-electron chi connectivity index (χ4n) is 2.74. The number of carbonyl (C=O) groups is 1. The molecular weight excluding hydrogens is 367 g/mol. The van der Waals surface area contributed by atoms with Crippen LogP contribution in [0.1, 0.15) is 28.2 Å². The number of thiophene rings is 1. The summed E-state index contributed by atoms with van der Waals surface area (Å²) >= 11 is 1.11. The second-order valence-electron chi connectivity index (χ2n) is 6.01. The molecule has 0 saturated carbocycles. The maximum absolute atomic E-state index is 13.2. The van der Waals surface area contributed by atoms with E-state index in [1.807, 2.05) is 0 Å². The smallest absolute Gasteiger partial charge is 0.376 e. The van der Waals surface area contributed by atoms with Crippen LogP contribution in [0.5, 0.6) is 0 Å². The fourth-order valence-corrected chi connectivity index (χ4v) is 3.62. The molecule has 1 saturated heterocycles. The quantitative estimate of drug-likeness (QED) is 0.806. The Bertz CT molecular complexity index is 916. The van der Waals surface area contributed by atoms with Gasteiger partial charge in [0.1, 0.15) is 17.1 Å². The standard InChI is InChI=1S/C17H14F3N3O2S/c18-17(19,20)15-8-12(22-23(15)10-3-4-10)13-5-6-14(26-13)16(24)21-9-11-2-1-7-25-11/h3,5-6,8,11H,1-2,7,9H2,(H,21,24)/t11-/m0/s1. The van der Waals surface area contributed by atoms with E-state index in [-0.39, 0.29) is 23.4 Å². The number of allylic oxidation sites excluding steroid dienone is 1. The molecule has 2 aromatic heterocycles. The molecule has 136 valence electrons. The van der Waals surface area contributed by atoms with Crippen molar-refractivity contribution < 1.29 is 22.7 Å². The summed E-state index contributed by atoms with van der Waals surface area (Å²) in [6.45, 7) is 1.14. The van der Waals surface area contributed by atoms with E-state index in [0.717, 1.165) is 34.9 Å². The lowest BCUT2D eigenvalue weighted by atomic mass is 10.2. The van der Waals surface area contributed by atoms with E-state index in [0.29, 0.717) is 22.9 Å². The van der Waals surface area contributed by atoms with Crippen LogP contribution in [0, 0.1) is 0 Å². The number of nitrogens with one attached hydrogen (secondary N) is 1. The topological polar surface area (TPSA) is 56.1 Å². The molecule has 0 unspecified atom stereocenters. The predicted molar refractivity (Wildman–Crippen MR) is 89.6 cm³/mol. The van der Waals surface area contributed by atoms with Gasteiger partial charge < -0.3 is 10.1 Å². The van der Waals surface area contributed by atoms with Gasteiger partial charge in [-0.15, -0.1) is 11.3 Å². The third-order valence-corrected chi connectivity index (χ3v) is 5.20. The normalized spacial score (nSPS) is 18.9. The van der Waals surface area contributed by atoms with Crippen LogP contribution in [0.2, 0.25) is 0 Å². The minimum absolute atomic E-state index is 0.0303. The SMILES string of the molecule is O=C(NC[C@@H]1CCCO1)c1ccc(-c2cc(C(F)(F)F)n(C3=C=C3)n2)s1. The first-order valence-electron chi connectivity index (χ1n) is 8.06. The summed E-state index contributed by atoms with van der Waals surface area (Å²) in [5, 5.41) is 6.81. The van der Waals surface area contributed by atoms with E-state index < -0.39 is 11.9 Å². The first kappa shape index (κ1) is 17.1. The van der Waals surface area contributed by atoms with E-state index in [1.165, 1.54) is 6.08 Å². The van der Waals surface area contributed by atoms with Gasteiger partial charge in [0.15, 0.2) is 0 Å². The number of ether oxygens (including phenoxy) is 1. The molecule has 9 heteroatoms. The monoisotopic (exact) mass is 381 g/mol. The molecule has 1 aliphatic carbocycles. The summed E-state index contributed by atoms with van der Waals surface area (Å²) in [4.78, 5) is 13.1. The lowest BCUT2D eigenvalue weighted by Crippen LogP contribution is -2.31. The van der Waals surface area contributed by atoms with Crippen LogP contribution < -0.4 is 5.32 Å². The molecule has 0 aromatic carbocycles. The van der Waals surface area contributed by atoms with Crippen molar-refractivity contribution in [2.75, 3.05) is 13.2 Å². The molecule has 4 rings (SSSR count). The van der Waals surface area contributed by atoms with Crippen LogP contribution in [0.3, 0.4) is 0 Å². The molecule has 1 atom stereocenters. The van der Waals surface area contributed by atoms with Crippen molar-refractivity contribution in [3.05, 3.63) is 40.6 Å². The number of aromatic nitrogens is 2. The highest BCUT2D eigenvalue weighted by Crippen LogP contribution is 2.36. The average molecular weight is 381 g/mol. The van der Waals surface area contributed by atoms with Gasteiger partial charge in [-0.25, -0.2) is 4.68 Å². The molecule has 1 N–H and O–H groups in total. The van der Waals surface area contributed by atoms with Crippen molar-refractivity contribution in [2.24, 2.45) is 0 Å². The molecule has 5 nitrogen and oxygen atoms in total. The Balaban J connectivity index is 1.50. The molecule has 3 heterocycles. The zero-order chi connectivity index (χ0) is 18.3. The Morgan fingerprint density at radius 1 is 1.46 bits per heavy atom. The van der Waals surface area contributed by atoms with Gasteiger partial charge in [-0.3, -0.25) is 4.79 Å².